The Bertz CT molecular complexity index is 916. The first-order chi connectivity index (χ1) is 12.5. The van der Waals surface area contributed by atoms with Crippen molar-refractivity contribution >= 4 is 17.5 Å². The Morgan fingerprint density at radius 2 is 1.81 bits per heavy atom. The van der Waals surface area contributed by atoms with Crippen LogP contribution < -0.4 is 10.6 Å². The van der Waals surface area contributed by atoms with Crippen molar-refractivity contribution in [3.05, 3.63) is 65.5 Å². The lowest BCUT2D eigenvalue weighted by atomic mass is 10.1. The lowest BCUT2D eigenvalue weighted by molar-refractivity contribution is -0.115. The number of hydrogen-bond donors (Lipinski definition) is 2. The maximum Gasteiger partial charge on any atom is 0.251 e. The summed E-state index contributed by atoms with van der Waals surface area (Å²) in [6.07, 6.45) is 1.44. The van der Waals surface area contributed by atoms with E-state index < -0.39 is 0 Å². The van der Waals surface area contributed by atoms with Crippen molar-refractivity contribution in [1.29, 1.82) is 0 Å². The number of nitrogens with zero attached hydrogens (tertiary/aromatic N) is 4. The molecule has 0 bridgehead atoms. The van der Waals surface area contributed by atoms with E-state index in [1.54, 1.807) is 24.3 Å². The van der Waals surface area contributed by atoms with E-state index in [-0.39, 0.29) is 18.4 Å². The van der Waals surface area contributed by atoms with Gasteiger partial charge in [-0.05, 0) is 53.6 Å². The van der Waals surface area contributed by atoms with Crippen LogP contribution in [0, 0.1) is 13.8 Å². The molecule has 132 valence electrons. The fourth-order valence-electron chi connectivity index (χ4n) is 2.53. The van der Waals surface area contributed by atoms with Crippen LogP contribution in [0.15, 0.2) is 48.8 Å². The maximum absolute atomic E-state index is 12.3. The summed E-state index contributed by atoms with van der Waals surface area (Å²) in [7, 11) is 0. The van der Waals surface area contributed by atoms with Crippen LogP contribution in [0.2, 0.25) is 0 Å². The van der Waals surface area contributed by atoms with Gasteiger partial charge in [0, 0.05) is 11.3 Å². The molecule has 3 aromatic rings. The maximum atomic E-state index is 12.3. The summed E-state index contributed by atoms with van der Waals surface area (Å²) in [5, 5.41) is 16.4. The molecular formula is C18H18N6O2. The topological polar surface area (TPSA) is 102 Å². The van der Waals surface area contributed by atoms with Crippen molar-refractivity contribution in [3.8, 4) is 5.69 Å². The SMILES string of the molecule is Cc1cccc(C)c1NC(=O)CNC(=O)c1cccc(-n2cnnn2)c1. The number of hydrogen-bond acceptors (Lipinski definition) is 5. The molecule has 0 saturated carbocycles. The van der Waals surface area contributed by atoms with Gasteiger partial charge in [-0.1, -0.05) is 24.3 Å². The summed E-state index contributed by atoms with van der Waals surface area (Å²) in [6, 6.07) is 12.6. The highest BCUT2D eigenvalue weighted by Crippen LogP contribution is 2.19. The molecule has 0 spiro atoms. The number of carbonyl (C=O) groups excluding carboxylic acids is 2. The highest BCUT2D eigenvalue weighted by atomic mass is 16.2. The van der Waals surface area contributed by atoms with Crippen molar-refractivity contribution in [1.82, 2.24) is 25.5 Å². The zero-order valence-corrected chi connectivity index (χ0v) is 14.4. The Balaban J connectivity index is 1.62. The monoisotopic (exact) mass is 350 g/mol. The second-order valence-electron chi connectivity index (χ2n) is 5.80. The molecule has 0 saturated heterocycles. The molecule has 0 atom stereocenters. The van der Waals surface area contributed by atoms with Gasteiger partial charge in [-0.15, -0.1) is 5.10 Å². The fourth-order valence-corrected chi connectivity index (χ4v) is 2.53. The smallest absolute Gasteiger partial charge is 0.251 e. The third kappa shape index (κ3) is 3.92. The van der Waals surface area contributed by atoms with E-state index in [1.165, 1.54) is 11.0 Å². The van der Waals surface area contributed by atoms with Gasteiger partial charge in [-0.3, -0.25) is 9.59 Å². The number of benzene rings is 2. The summed E-state index contributed by atoms with van der Waals surface area (Å²) in [6.45, 7) is 3.72. The highest BCUT2D eigenvalue weighted by molar-refractivity contribution is 6.00. The zero-order chi connectivity index (χ0) is 18.5. The van der Waals surface area contributed by atoms with Gasteiger partial charge in [-0.25, -0.2) is 4.68 Å². The lowest BCUT2D eigenvalue weighted by Crippen LogP contribution is -2.33. The summed E-state index contributed by atoms with van der Waals surface area (Å²) < 4.78 is 1.45. The van der Waals surface area contributed by atoms with Crippen molar-refractivity contribution < 1.29 is 9.59 Å². The third-order valence-electron chi connectivity index (χ3n) is 3.88. The van der Waals surface area contributed by atoms with E-state index in [4.69, 9.17) is 0 Å². The molecule has 0 unspecified atom stereocenters. The van der Waals surface area contributed by atoms with Gasteiger partial charge in [0.1, 0.15) is 6.33 Å². The lowest BCUT2D eigenvalue weighted by Gasteiger charge is -2.12. The number of nitrogens with one attached hydrogen (secondary N) is 2. The normalized spacial score (nSPS) is 10.4. The first-order valence-corrected chi connectivity index (χ1v) is 8.02. The van der Waals surface area contributed by atoms with Crippen LogP contribution in [0.1, 0.15) is 21.5 Å². The zero-order valence-electron chi connectivity index (χ0n) is 14.4. The number of aromatic nitrogens is 4. The van der Waals surface area contributed by atoms with Gasteiger partial charge in [0.15, 0.2) is 0 Å². The van der Waals surface area contributed by atoms with Crippen LogP contribution in [0.5, 0.6) is 0 Å². The number of tetrazole rings is 1. The van der Waals surface area contributed by atoms with Gasteiger partial charge >= 0.3 is 0 Å². The minimum Gasteiger partial charge on any atom is -0.343 e. The molecular weight excluding hydrogens is 332 g/mol. The Morgan fingerprint density at radius 1 is 1.08 bits per heavy atom. The van der Waals surface area contributed by atoms with Crippen molar-refractivity contribution in [2.45, 2.75) is 13.8 Å². The fraction of sp³-hybridized carbons (Fsp3) is 0.167. The molecule has 8 nitrogen and oxygen atoms in total. The molecule has 26 heavy (non-hydrogen) atoms. The van der Waals surface area contributed by atoms with Crippen LogP contribution in [0.25, 0.3) is 5.69 Å². The first kappa shape index (κ1) is 17.3. The van der Waals surface area contributed by atoms with Crippen LogP contribution in [-0.4, -0.2) is 38.6 Å². The highest BCUT2D eigenvalue weighted by Gasteiger charge is 2.11. The molecule has 2 aromatic carbocycles. The van der Waals surface area contributed by atoms with E-state index in [0.717, 1.165) is 16.8 Å². The Hall–Kier alpha value is -3.55. The molecule has 3 rings (SSSR count). The third-order valence-corrected chi connectivity index (χ3v) is 3.88. The number of rotatable bonds is 5. The van der Waals surface area contributed by atoms with Crippen LogP contribution >= 0.6 is 0 Å². The largest absolute Gasteiger partial charge is 0.343 e. The Labute approximate surface area is 150 Å². The van der Waals surface area contributed by atoms with Gasteiger partial charge in [0.2, 0.25) is 5.91 Å². The van der Waals surface area contributed by atoms with Crippen molar-refractivity contribution in [2.24, 2.45) is 0 Å². The summed E-state index contributed by atoms with van der Waals surface area (Å²) in [5.74, 6) is -0.635. The Kier molecular flexibility index (Phi) is 5.02. The van der Waals surface area contributed by atoms with Gasteiger partial charge in [0.25, 0.3) is 5.91 Å². The minimum atomic E-state index is -0.350. The van der Waals surface area contributed by atoms with Crippen molar-refractivity contribution in [3.63, 3.8) is 0 Å². The number of amides is 2. The molecule has 2 amide bonds. The predicted octanol–water partition coefficient (Wildman–Crippen LogP) is 1.65. The number of aryl methyl sites for hydroxylation is 2. The second-order valence-corrected chi connectivity index (χ2v) is 5.80. The van der Waals surface area contributed by atoms with Crippen LogP contribution in [0.3, 0.4) is 0 Å². The quantitative estimate of drug-likeness (QED) is 0.728. The molecule has 0 aliphatic carbocycles. The number of para-hydroxylation sites is 1. The molecule has 0 radical (unpaired) electrons. The summed E-state index contributed by atoms with van der Waals surface area (Å²) in [4.78, 5) is 24.5. The van der Waals surface area contributed by atoms with Gasteiger partial charge < -0.3 is 10.6 Å². The standard InChI is InChI=1S/C18H18N6O2/c1-12-5-3-6-13(2)17(12)21-16(25)10-19-18(26)14-7-4-8-15(9-14)24-11-20-22-23-24/h3-9,11H,10H2,1-2H3,(H,19,26)(H,21,25). The van der Waals surface area contributed by atoms with E-state index >= 15 is 0 Å². The van der Waals surface area contributed by atoms with E-state index in [0.29, 0.717) is 11.3 Å². The molecule has 0 aliphatic rings. The minimum absolute atomic E-state index is 0.123. The van der Waals surface area contributed by atoms with E-state index in [9.17, 15) is 9.59 Å². The van der Waals surface area contributed by atoms with Crippen molar-refractivity contribution in [2.75, 3.05) is 11.9 Å². The van der Waals surface area contributed by atoms with Gasteiger partial charge in [0.05, 0.1) is 12.2 Å². The van der Waals surface area contributed by atoms with E-state index in [1.807, 2.05) is 32.0 Å². The predicted molar refractivity (Wildman–Crippen MR) is 96.0 cm³/mol. The summed E-state index contributed by atoms with van der Waals surface area (Å²) in [5.41, 5.74) is 3.78. The molecule has 1 heterocycles. The van der Waals surface area contributed by atoms with Gasteiger partial charge in [-0.2, -0.15) is 0 Å². The molecule has 0 fully saturated rings. The van der Waals surface area contributed by atoms with Crippen LogP contribution in [0.4, 0.5) is 5.69 Å². The molecule has 1 aromatic heterocycles. The second kappa shape index (κ2) is 7.56. The average molecular weight is 350 g/mol. The number of carbonyl (C=O) groups is 2. The number of anilines is 1. The first-order valence-electron chi connectivity index (χ1n) is 8.02. The average Bonchev–Trinajstić information content (AvgIpc) is 3.18. The molecule has 8 heteroatoms. The van der Waals surface area contributed by atoms with E-state index in [2.05, 4.69) is 26.2 Å². The molecule has 0 aliphatic heterocycles. The summed E-state index contributed by atoms with van der Waals surface area (Å²) >= 11 is 0. The molecule has 2 N–H and O–H groups in total. The van der Waals surface area contributed by atoms with Crippen LogP contribution in [-0.2, 0) is 4.79 Å². The Morgan fingerprint density at radius 3 is 2.50 bits per heavy atom.